The van der Waals surface area contributed by atoms with Gasteiger partial charge in [0.25, 0.3) is 0 Å². The van der Waals surface area contributed by atoms with E-state index in [1.165, 1.54) is 6.33 Å². The maximum Gasteiger partial charge on any atom is 0.217 e. The minimum Gasteiger partial charge on any atom is -0.508 e. The minimum absolute atomic E-state index is 0.202. The molecule has 24 heavy (non-hydrogen) atoms. The van der Waals surface area contributed by atoms with Crippen molar-refractivity contribution in [1.29, 1.82) is 0 Å². The fourth-order valence-corrected chi connectivity index (χ4v) is 2.63. The summed E-state index contributed by atoms with van der Waals surface area (Å²) in [5.41, 5.74) is 9.90. The molecule has 0 unspecified atom stereocenters. The fraction of sp³-hybridized carbons (Fsp3) is 0.105. The summed E-state index contributed by atoms with van der Waals surface area (Å²) in [7, 11) is 0. The van der Waals surface area contributed by atoms with Gasteiger partial charge >= 0.3 is 0 Å². The highest BCUT2D eigenvalue weighted by Crippen LogP contribution is 2.30. The number of amides is 1. The van der Waals surface area contributed by atoms with Crippen molar-refractivity contribution in [3.8, 4) is 28.1 Å². The molecule has 0 aliphatic heterocycles. The minimum atomic E-state index is -0.343. The van der Waals surface area contributed by atoms with Crippen LogP contribution in [0.15, 0.2) is 61.1 Å². The van der Waals surface area contributed by atoms with Crippen LogP contribution in [0.25, 0.3) is 22.4 Å². The Morgan fingerprint density at radius 2 is 1.96 bits per heavy atom. The third-order valence-corrected chi connectivity index (χ3v) is 3.78. The van der Waals surface area contributed by atoms with Gasteiger partial charge in [-0.1, -0.05) is 24.3 Å². The number of carbonyl (C=O) groups excluding carboxylic acids is 1. The summed E-state index contributed by atoms with van der Waals surface area (Å²) in [6.45, 7) is 0. The zero-order valence-electron chi connectivity index (χ0n) is 13.0. The number of phenols is 1. The normalized spacial score (nSPS) is 10.5. The molecule has 3 N–H and O–H groups in total. The molecule has 2 aromatic carbocycles. The first-order valence-electron chi connectivity index (χ1n) is 7.60. The Morgan fingerprint density at radius 3 is 2.67 bits per heavy atom. The lowest BCUT2D eigenvalue weighted by Gasteiger charge is -2.12. The lowest BCUT2D eigenvalue weighted by atomic mass is 9.93. The molecule has 1 heterocycles. The molecule has 0 saturated carbocycles. The molecule has 0 bridgehead atoms. The highest BCUT2D eigenvalue weighted by molar-refractivity contribution is 5.76. The van der Waals surface area contributed by atoms with E-state index in [0.29, 0.717) is 6.42 Å². The molecule has 0 aliphatic rings. The zero-order chi connectivity index (χ0) is 16.9. The molecule has 5 heteroatoms. The van der Waals surface area contributed by atoms with Crippen LogP contribution in [-0.4, -0.2) is 21.0 Å². The summed E-state index contributed by atoms with van der Waals surface area (Å²) in [4.78, 5) is 19.4. The zero-order valence-corrected chi connectivity index (χ0v) is 13.0. The van der Waals surface area contributed by atoms with Crippen LogP contribution in [0.3, 0.4) is 0 Å². The maximum atomic E-state index is 11.2. The quantitative estimate of drug-likeness (QED) is 0.756. The third-order valence-electron chi connectivity index (χ3n) is 3.78. The van der Waals surface area contributed by atoms with E-state index in [9.17, 15) is 9.90 Å². The average molecular weight is 319 g/mol. The number of hydrogen-bond donors (Lipinski definition) is 2. The Kier molecular flexibility index (Phi) is 4.52. The lowest BCUT2D eigenvalue weighted by Crippen LogP contribution is -2.11. The van der Waals surface area contributed by atoms with E-state index >= 15 is 0 Å². The van der Waals surface area contributed by atoms with Crippen molar-refractivity contribution in [2.24, 2.45) is 5.73 Å². The van der Waals surface area contributed by atoms with Crippen molar-refractivity contribution < 1.29 is 9.90 Å². The van der Waals surface area contributed by atoms with Crippen LogP contribution >= 0.6 is 0 Å². The molecule has 0 saturated heterocycles. The second-order valence-electron chi connectivity index (χ2n) is 5.48. The SMILES string of the molecule is NC(=O)CCc1cc(-c2ccncn2)ccc1-c1cccc(O)c1. The summed E-state index contributed by atoms with van der Waals surface area (Å²) in [5, 5.41) is 9.72. The van der Waals surface area contributed by atoms with Gasteiger partial charge in [0.2, 0.25) is 5.91 Å². The van der Waals surface area contributed by atoms with Crippen molar-refractivity contribution in [1.82, 2.24) is 9.97 Å². The number of aromatic nitrogens is 2. The fourth-order valence-electron chi connectivity index (χ4n) is 2.63. The van der Waals surface area contributed by atoms with Crippen LogP contribution in [-0.2, 0) is 11.2 Å². The number of benzene rings is 2. The number of primary amides is 1. The summed E-state index contributed by atoms with van der Waals surface area (Å²) >= 11 is 0. The van der Waals surface area contributed by atoms with E-state index in [2.05, 4.69) is 9.97 Å². The number of phenolic OH excluding ortho intramolecular Hbond substituents is 1. The molecule has 3 aromatic rings. The molecule has 0 aliphatic carbocycles. The predicted molar refractivity (Wildman–Crippen MR) is 92.1 cm³/mol. The van der Waals surface area contributed by atoms with Crippen LogP contribution in [0.2, 0.25) is 0 Å². The van der Waals surface area contributed by atoms with Gasteiger partial charge in [0.15, 0.2) is 0 Å². The lowest BCUT2D eigenvalue weighted by molar-refractivity contribution is -0.117. The van der Waals surface area contributed by atoms with Gasteiger partial charge in [0, 0.05) is 18.2 Å². The Balaban J connectivity index is 2.06. The van der Waals surface area contributed by atoms with Crippen molar-refractivity contribution in [2.45, 2.75) is 12.8 Å². The van der Waals surface area contributed by atoms with Gasteiger partial charge in [-0.2, -0.15) is 0 Å². The van der Waals surface area contributed by atoms with Crippen LogP contribution in [0.5, 0.6) is 5.75 Å². The Hall–Kier alpha value is -3.21. The molecule has 3 rings (SSSR count). The van der Waals surface area contributed by atoms with E-state index in [4.69, 9.17) is 5.73 Å². The van der Waals surface area contributed by atoms with Gasteiger partial charge in [0.1, 0.15) is 12.1 Å². The van der Waals surface area contributed by atoms with Gasteiger partial charge in [-0.05, 0) is 47.4 Å². The standard InChI is InChI=1S/C19H17N3O2/c20-19(24)7-5-14-10-15(18-8-9-21-12-22-18)4-6-17(14)13-2-1-3-16(23)11-13/h1-4,6,8-12,23H,5,7H2,(H2,20,24). The molecule has 0 atom stereocenters. The summed E-state index contributed by atoms with van der Waals surface area (Å²) in [6, 6.07) is 14.8. The number of carbonyl (C=O) groups is 1. The smallest absolute Gasteiger partial charge is 0.217 e. The van der Waals surface area contributed by atoms with Gasteiger partial charge in [-0.15, -0.1) is 0 Å². The molecular weight excluding hydrogens is 302 g/mol. The molecule has 0 radical (unpaired) electrons. The molecule has 120 valence electrons. The molecule has 5 nitrogen and oxygen atoms in total. The first-order chi connectivity index (χ1) is 11.6. The van der Waals surface area contributed by atoms with E-state index in [1.54, 1.807) is 24.4 Å². The van der Waals surface area contributed by atoms with Gasteiger partial charge in [-0.3, -0.25) is 4.79 Å². The van der Waals surface area contributed by atoms with Crippen LogP contribution < -0.4 is 5.73 Å². The Bertz CT molecular complexity index is 863. The van der Waals surface area contributed by atoms with E-state index in [1.807, 2.05) is 30.3 Å². The highest BCUT2D eigenvalue weighted by atomic mass is 16.3. The van der Waals surface area contributed by atoms with Crippen molar-refractivity contribution in [2.75, 3.05) is 0 Å². The Morgan fingerprint density at radius 1 is 1.08 bits per heavy atom. The number of rotatable bonds is 5. The van der Waals surface area contributed by atoms with Gasteiger partial charge in [0.05, 0.1) is 5.69 Å². The Labute approximate surface area is 139 Å². The van der Waals surface area contributed by atoms with Crippen molar-refractivity contribution in [3.05, 3.63) is 66.6 Å². The van der Waals surface area contributed by atoms with Crippen LogP contribution in [0, 0.1) is 0 Å². The average Bonchev–Trinajstić information content (AvgIpc) is 2.60. The summed E-state index contributed by atoms with van der Waals surface area (Å²) in [5.74, 6) is -0.141. The van der Waals surface area contributed by atoms with E-state index in [-0.39, 0.29) is 18.1 Å². The highest BCUT2D eigenvalue weighted by Gasteiger charge is 2.10. The van der Waals surface area contributed by atoms with Crippen molar-refractivity contribution in [3.63, 3.8) is 0 Å². The monoisotopic (exact) mass is 319 g/mol. The number of aryl methyl sites for hydroxylation is 1. The molecule has 1 amide bonds. The molecule has 0 fully saturated rings. The summed E-state index contributed by atoms with van der Waals surface area (Å²) in [6.07, 6.45) is 3.98. The molecule has 1 aromatic heterocycles. The largest absolute Gasteiger partial charge is 0.508 e. The molecular formula is C19H17N3O2. The number of nitrogens with two attached hydrogens (primary N) is 1. The number of hydrogen-bond acceptors (Lipinski definition) is 4. The second kappa shape index (κ2) is 6.91. The summed E-state index contributed by atoms with van der Waals surface area (Å²) < 4.78 is 0. The topological polar surface area (TPSA) is 89.1 Å². The van der Waals surface area contributed by atoms with Gasteiger partial charge < -0.3 is 10.8 Å². The van der Waals surface area contributed by atoms with Crippen LogP contribution in [0.1, 0.15) is 12.0 Å². The number of nitrogens with zero attached hydrogens (tertiary/aromatic N) is 2. The number of aromatic hydroxyl groups is 1. The van der Waals surface area contributed by atoms with E-state index < -0.39 is 0 Å². The molecule has 0 spiro atoms. The van der Waals surface area contributed by atoms with Crippen molar-refractivity contribution >= 4 is 5.91 Å². The second-order valence-corrected chi connectivity index (χ2v) is 5.48. The third kappa shape index (κ3) is 3.57. The maximum absolute atomic E-state index is 11.2. The first-order valence-corrected chi connectivity index (χ1v) is 7.60. The van der Waals surface area contributed by atoms with Crippen LogP contribution in [0.4, 0.5) is 0 Å². The predicted octanol–water partition coefficient (Wildman–Crippen LogP) is 2.93. The first kappa shape index (κ1) is 15.7. The van der Waals surface area contributed by atoms with E-state index in [0.717, 1.165) is 27.9 Å². The van der Waals surface area contributed by atoms with Gasteiger partial charge in [-0.25, -0.2) is 9.97 Å².